The molecule has 2 unspecified atom stereocenters. The first-order valence-electron chi connectivity index (χ1n) is 12.3. The SMILES string of the molecule is CCN(CC)P1(=O)OC2=C(CCC/C2=C\c2ccc(N(C)C)cc2)C1c1ccc(N(C)C)cc1. The summed E-state index contributed by atoms with van der Waals surface area (Å²) >= 11 is 0. The predicted molar refractivity (Wildman–Crippen MR) is 145 cm³/mol. The molecule has 4 rings (SSSR count). The van der Waals surface area contributed by atoms with E-state index < -0.39 is 7.52 Å². The van der Waals surface area contributed by atoms with E-state index in [1.54, 1.807) is 0 Å². The smallest absolute Gasteiger partial charge is 0.330 e. The summed E-state index contributed by atoms with van der Waals surface area (Å²) in [5, 5.41) is 0. The van der Waals surface area contributed by atoms with Crippen LogP contribution >= 0.6 is 7.52 Å². The molecule has 0 aromatic heterocycles. The summed E-state index contributed by atoms with van der Waals surface area (Å²) in [5.74, 6) is 0.875. The molecule has 0 saturated heterocycles. The molecule has 2 aromatic rings. The second-order valence-corrected chi connectivity index (χ2v) is 11.9. The predicted octanol–water partition coefficient (Wildman–Crippen LogP) is 6.95. The highest BCUT2D eigenvalue weighted by Crippen LogP contribution is 2.73. The van der Waals surface area contributed by atoms with E-state index in [0.717, 1.165) is 41.8 Å². The van der Waals surface area contributed by atoms with Gasteiger partial charge in [-0.05, 0) is 71.9 Å². The van der Waals surface area contributed by atoms with Crippen LogP contribution in [0.1, 0.15) is 49.9 Å². The quantitative estimate of drug-likeness (QED) is 0.402. The van der Waals surface area contributed by atoms with E-state index in [-0.39, 0.29) is 5.66 Å². The van der Waals surface area contributed by atoms with Crippen LogP contribution in [0.3, 0.4) is 0 Å². The first-order valence-corrected chi connectivity index (χ1v) is 14.0. The Balaban J connectivity index is 1.78. The zero-order valence-corrected chi connectivity index (χ0v) is 22.3. The van der Waals surface area contributed by atoms with E-state index in [2.05, 4.69) is 78.3 Å². The van der Waals surface area contributed by atoms with Crippen LogP contribution in [0.15, 0.2) is 65.4 Å². The van der Waals surface area contributed by atoms with Gasteiger partial charge in [0.25, 0.3) is 0 Å². The number of hydrogen-bond acceptors (Lipinski definition) is 4. The second kappa shape index (κ2) is 10.0. The zero-order valence-electron chi connectivity index (χ0n) is 21.4. The van der Waals surface area contributed by atoms with Crippen LogP contribution in [0.2, 0.25) is 0 Å². The van der Waals surface area contributed by atoms with Crippen molar-refractivity contribution in [2.45, 2.75) is 38.8 Å². The Kier molecular flexibility index (Phi) is 7.25. The molecule has 0 bridgehead atoms. The van der Waals surface area contributed by atoms with Crippen LogP contribution in [0.5, 0.6) is 0 Å². The number of allylic oxidation sites excluding steroid dienone is 2. The first-order chi connectivity index (χ1) is 16.3. The van der Waals surface area contributed by atoms with E-state index in [9.17, 15) is 4.57 Å². The fourth-order valence-electron chi connectivity index (χ4n) is 5.05. The molecule has 182 valence electrons. The van der Waals surface area contributed by atoms with Gasteiger partial charge in [-0.3, -0.25) is 4.57 Å². The lowest BCUT2D eigenvalue weighted by atomic mass is 9.88. The monoisotopic (exact) mass is 479 g/mol. The average molecular weight is 480 g/mol. The van der Waals surface area contributed by atoms with Gasteiger partial charge in [0.05, 0.1) is 0 Å². The molecule has 1 heterocycles. The minimum atomic E-state index is -3.12. The molecule has 34 heavy (non-hydrogen) atoms. The summed E-state index contributed by atoms with van der Waals surface area (Å²) in [6, 6.07) is 17.1. The Bertz CT molecular complexity index is 1110. The third kappa shape index (κ3) is 4.56. The topological polar surface area (TPSA) is 36.0 Å². The minimum Gasteiger partial charge on any atom is -0.432 e. The van der Waals surface area contributed by atoms with Gasteiger partial charge >= 0.3 is 7.52 Å². The van der Waals surface area contributed by atoms with Crippen LogP contribution in [0.4, 0.5) is 11.4 Å². The van der Waals surface area contributed by atoms with E-state index in [0.29, 0.717) is 13.1 Å². The van der Waals surface area contributed by atoms with E-state index in [4.69, 9.17) is 4.52 Å². The molecule has 0 amide bonds. The van der Waals surface area contributed by atoms with Crippen LogP contribution < -0.4 is 9.80 Å². The van der Waals surface area contributed by atoms with Crippen molar-refractivity contribution in [1.82, 2.24) is 4.67 Å². The minimum absolute atomic E-state index is 0.210. The van der Waals surface area contributed by atoms with Crippen molar-refractivity contribution in [2.24, 2.45) is 0 Å². The molecule has 0 fully saturated rings. The molecule has 0 N–H and O–H groups in total. The molecule has 6 heteroatoms. The fourth-order valence-corrected chi connectivity index (χ4v) is 8.07. The fraction of sp³-hybridized carbons (Fsp3) is 0.429. The van der Waals surface area contributed by atoms with Crippen molar-refractivity contribution in [2.75, 3.05) is 51.1 Å². The Labute approximate surface area is 205 Å². The Hall–Kier alpha value is -2.49. The maximum atomic E-state index is 14.6. The molecule has 1 aliphatic heterocycles. The molecule has 1 aliphatic carbocycles. The van der Waals surface area contributed by atoms with Gasteiger partial charge in [0.1, 0.15) is 11.4 Å². The Morgan fingerprint density at radius 1 is 0.882 bits per heavy atom. The molecule has 2 aromatic carbocycles. The highest BCUT2D eigenvalue weighted by Gasteiger charge is 2.51. The first kappa shape index (κ1) is 24.6. The third-order valence-corrected chi connectivity index (χ3v) is 10.0. The molecule has 0 spiro atoms. The molecule has 2 aliphatic rings. The maximum absolute atomic E-state index is 14.6. The highest BCUT2D eigenvalue weighted by molar-refractivity contribution is 7.57. The standard InChI is InChI=1S/C28H38N3O2P/c1-7-31(8-2)34(32)28(22-14-18-25(19-15-22)30(5)6)26-11-9-10-23(27(26)33-34)20-21-12-16-24(17-13-21)29(3)4/h12-20,28H,7-11H2,1-6H3/b23-20+. The van der Waals surface area contributed by atoms with Gasteiger partial charge in [0.15, 0.2) is 0 Å². The van der Waals surface area contributed by atoms with Crippen molar-refractivity contribution in [3.8, 4) is 0 Å². The van der Waals surface area contributed by atoms with Crippen LogP contribution in [-0.4, -0.2) is 46.0 Å². The molecule has 0 saturated carbocycles. The van der Waals surface area contributed by atoms with Crippen molar-refractivity contribution in [3.63, 3.8) is 0 Å². The number of nitrogens with zero attached hydrogens (tertiary/aromatic N) is 3. The largest absolute Gasteiger partial charge is 0.432 e. The summed E-state index contributed by atoms with van der Waals surface area (Å²) in [7, 11) is 5.06. The number of benzene rings is 2. The van der Waals surface area contributed by atoms with Crippen molar-refractivity contribution in [1.29, 1.82) is 0 Å². The molecular formula is C28H38N3O2P. The molecule has 0 radical (unpaired) electrons. The van der Waals surface area contributed by atoms with Gasteiger partial charge in [-0.1, -0.05) is 38.1 Å². The molecular weight excluding hydrogens is 441 g/mol. The summed E-state index contributed by atoms with van der Waals surface area (Å²) in [6.07, 6.45) is 5.14. The van der Waals surface area contributed by atoms with E-state index >= 15 is 0 Å². The molecule has 2 atom stereocenters. The third-order valence-electron chi connectivity index (χ3n) is 6.95. The van der Waals surface area contributed by atoms with Gasteiger partial charge < -0.3 is 14.3 Å². The molecule has 5 nitrogen and oxygen atoms in total. The van der Waals surface area contributed by atoms with Gasteiger partial charge in [-0.25, -0.2) is 4.67 Å². The number of anilines is 2. The zero-order chi connectivity index (χ0) is 24.5. The van der Waals surface area contributed by atoms with E-state index in [1.807, 2.05) is 32.9 Å². The van der Waals surface area contributed by atoms with Gasteiger partial charge in [0.2, 0.25) is 0 Å². The Morgan fingerprint density at radius 2 is 1.44 bits per heavy atom. The lowest BCUT2D eigenvalue weighted by Gasteiger charge is -2.31. The maximum Gasteiger partial charge on any atom is 0.330 e. The summed E-state index contributed by atoms with van der Waals surface area (Å²) < 4.78 is 23.2. The average Bonchev–Trinajstić information content (AvgIpc) is 3.14. The van der Waals surface area contributed by atoms with Crippen molar-refractivity contribution >= 4 is 25.0 Å². The normalized spacial score (nSPS) is 23.3. The van der Waals surface area contributed by atoms with Crippen LogP contribution in [-0.2, 0) is 9.09 Å². The summed E-state index contributed by atoms with van der Waals surface area (Å²) in [6.45, 7) is 5.54. The van der Waals surface area contributed by atoms with Crippen LogP contribution in [0, 0.1) is 0 Å². The lowest BCUT2D eigenvalue weighted by molar-refractivity contribution is 0.334. The number of rotatable bonds is 7. The van der Waals surface area contributed by atoms with Gasteiger partial charge in [-0.2, -0.15) is 0 Å². The Morgan fingerprint density at radius 3 is 1.97 bits per heavy atom. The summed E-state index contributed by atoms with van der Waals surface area (Å²) in [4.78, 5) is 4.19. The lowest BCUT2D eigenvalue weighted by Crippen LogP contribution is -2.22. The second-order valence-electron chi connectivity index (χ2n) is 9.55. The highest BCUT2D eigenvalue weighted by atomic mass is 31.2. The van der Waals surface area contributed by atoms with Crippen molar-refractivity contribution in [3.05, 3.63) is 76.6 Å². The van der Waals surface area contributed by atoms with Crippen LogP contribution in [0.25, 0.3) is 6.08 Å². The number of hydrogen-bond donors (Lipinski definition) is 0. The van der Waals surface area contributed by atoms with Gasteiger partial charge in [0, 0.05) is 52.7 Å². The van der Waals surface area contributed by atoms with E-state index in [1.165, 1.54) is 16.8 Å². The van der Waals surface area contributed by atoms with Crippen molar-refractivity contribution < 1.29 is 9.09 Å². The summed E-state index contributed by atoms with van der Waals surface area (Å²) in [5.41, 5.74) is 6.71. The van der Waals surface area contributed by atoms with Gasteiger partial charge in [-0.15, -0.1) is 0 Å².